The molecule has 0 aliphatic carbocycles. The van der Waals surface area contributed by atoms with E-state index in [2.05, 4.69) is 0 Å². The molecule has 1 amide bonds. The Hall–Kier alpha value is -1.82. The van der Waals surface area contributed by atoms with Crippen LogP contribution in [0.1, 0.15) is 5.56 Å². The number of hydrogen-bond donors (Lipinski definition) is 1. The van der Waals surface area contributed by atoms with E-state index in [0.717, 1.165) is 0 Å². The Kier molecular flexibility index (Phi) is 3.90. The number of nitro groups is 1. The average molecular weight is 258 g/mol. The molecule has 6 nitrogen and oxygen atoms in total. The second-order valence-corrected chi connectivity index (χ2v) is 4.08. The SMILES string of the molecule is Cc1cc(N(C)CC(N)=O)c(Cl)cc1[N+](=O)[O-]. The van der Waals surface area contributed by atoms with Gasteiger partial charge in [0.1, 0.15) is 0 Å². The second kappa shape index (κ2) is 5.01. The summed E-state index contributed by atoms with van der Waals surface area (Å²) in [5.74, 6) is -0.500. The van der Waals surface area contributed by atoms with Gasteiger partial charge in [-0.3, -0.25) is 14.9 Å². The van der Waals surface area contributed by atoms with Gasteiger partial charge in [0.05, 0.1) is 22.2 Å². The highest BCUT2D eigenvalue weighted by Gasteiger charge is 2.17. The van der Waals surface area contributed by atoms with Crippen molar-refractivity contribution < 1.29 is 9.72 Å². The highest BCUT2D eigenvalue weighted by atomic mass is 35.5. The Morgan fingerprint density at radius 1 is 1.59 bits per heavy atom. The van der Waals surface area contributed by atoms with Crippen LogP contribution in [0, 0.1) is 17.0 Å². The standard InChI is InChI=1S/C10H12ClN3O3/c1-6-3-9(13(2)5-10(12)15)7(11)4-8(6)14(16)17/h3-4H,5H2,1-2H3,(H2,12,15). The van der Waals surface area contributed by atoms with Crippen molar-refractivity contribution in [3.63, 3.8) is 0 Å². The third-order valence-electron chi connectivity index (χ3n) is 2.27. The van der Waals surface area contributed by atoms with E-state index in [1.165, 1.54) is 6.07 Å². The van der Waals surface area contributed by atoms with Crippen LogP contribution in [0.25, 0.3) is 0 Å². The van der Waals surface area contributed by atoms with Crippen molar-refractivity contribution in [3.05, 3.63) is 32.8 Å². The Morgan fingerprint density at radius 2 is 2.18 bits per heavy atom. The summed E-state index contributed by atoms with van der Waals surface area (Å²) < 4.78 is 0. The lowest BCUT2D eigenvalue weighted by atomic mass is 10.1. The first kappa shape index (κ1) is 13.2. The van der Waals surface area contributed by atoms with Gasteiger partial charge in [0.2, 0.25) is 5.91 Å². The molecular formula is C10H12ClN3O3. The zero-order chi connectivity index (χ0) is 13.2. The van der Waals surface area contributed by atoms with Gasteiger partial charge in [-0.15, -0.1) is 0 Å². The molecule has 1 aromatic rings. The van der Waals surface area contributed by atoms with Gasteiger partial charge in [-0.25, -0.2) is 0 Å². The minimum Gasteiger partial charge on any atom is -0.368 e. The van der Waals surface area contributed by atoms with Crippen molar-refractivity contribution in [3.8, 4) is 0 Å². The normalized spacial score (nSPS) is 10.1. The van der Waals surface area contributed by atoms with Crippen LogP contribution in [-0.2, 0) is 4.79 Å². The van der Waals surface area contributed by atoms with Crippen LogP contribution >= 0.6 is 11.6 Å². The van der Waals surface area contributed by atoms with Crippen LogP contribution in [0.15, 0.2) is 12.1 Å². The quantitative estimate of drug-likeness (QED) is 0.653. The Labute approximate surface area is 103 Å². The maximum absolute atomic E-state index is 10.8. The number of halogens is 1. The molecule has 0 heterocycles. The van der Waals surface area contributed by atoms with E-state index in [1.807, 2.05) is 0 Å². The van der Waals surface area contributed by atoms with Crippen molar-refractivity contribution in [1.29, 1.82) is 0 Å². The van der Waals surface area contributed by atoms with E-state index in [9.17, 15) is 14.9 Å². The first-order chi connectivity index (χ1) is 7.82. The number of amides is 1. The van der Waals surface area contributed by atoms with Crippen molar-refractivity contribution >= 4 is 28.9 Å². The first-order valence-electron chi connectivity index (χ1n) is 4.77. The second-order valence-electron chi connectivity index (χ2n) is 3.67. The molecule has 1 rings (SSSR count). The minimum atomic E-state index is -0.501. The van der Waals surface area contributed by atoms with Crippen molar-refractivity contribution in [2.45, 2.75) is 6.92 Å². The lowest BCUT2D eigenvalue weighted by Gasteiger charge is -2.19. The fourth-order valence-corrected chi connectivity index (χ4v) is 1.77. The highest BCUT2D eigenvalue weighted by Crippen LogP contribution is 2.32. The van der Waals surface area contributed by atoms with Crippen molar-refractivity contribution in [1.82, 2.24) is 0 Å². The monoisotopic (exact) mass is 257 g/mol. The molecule has 0 spiro atoms. The van der Waals surface area contributed by atoms with Gasteiger partial charge in [0.15, 0.2) is 0 Å². The molecule has 0 aliphatic heterocycles. The number of likely N-dealkylation sites (N-methyl/N-ethyl adjacent to an activating group) is 1. The molecule has 0 saturated carbocycles. The summed E-state index contributed by atoms with van der Waals surface area (Å²) in [5.41, 5.74) is 6.03. The molecule has 2 N–H and O–H groups in total. The molecule has 0 unspecified atom stereocenters. The molecule has 0 fully saturated rings. The number of carbonyl (C=O) groups excluding carboxylic acids is 1. The summed E-state index contributed by atoms with van der Waals surface area (Å²) in [6, 6.07) is 2.83. The highest BCUT2D eigenvalue weighted by molar-refractivity contribution is 6.33. The van der Waals surface area contributed by atoms with E-state index < -0.39 is 10.8 Å². The fourth-order valence-electron chi connectivity index (χ4n) is 1.46. The zero-order valence-corrected chi connectivity index (χ0v) is 10.2. The van der Waals surface area contributed by atoms with Crippen molar-refractivity contribution in [2.75, 3.05) is 18.5 Å². The van der Waals surface area contributed by atoms with Crippen molar-refractivity contribution in [2.24, 2.45) is 5.73 Å². The maximum Gasteiger partial charge on any atom is 0.273 e. The molecule has 0 saturated heterocycles. The van der Waals surface area contributed by atoms with Crippen LogP contribution in [-0.4, -0.2) is 24.4 Å². The van der Waals surface area contributed by atoms with E-state index in [1.54, 1.807) is 24.9 Å². The zero-order valence-electron chi connectivity index (χ0n) is 9.44. The van der Waals surface area contributed by atoms with Crippen LogP contribution < -0.4 is 10.6 Å². The molecule has 0 atom stereocenters. The number of aryl methyl sites for hydroxylation is 1. The Balaban J connectivity index is 3.15. The predicted molar refractivity (Wildman–Crippen MR) is 65.3 cm³/mol. The summed E-state index contributed by atoms with van der Waals surface area (Å²) in [6.07, 6.45) is 0. The molecule has 1 aromatic carbocycles. The van der Waals surface area contributed by atoms with Gasteiger partial charge < -0.3 is 10.6 Å². The number of anilines is 1. The topological polar surface area (TPSA) is 89.5 Å². The number of rotatable bonds is 4. The van der Waals surface area contributed by atoms with Crippen LogP contribution in [0.3, 0.4) is 0 Å². The van der Waals surface area contributed by atoms with Gasteiger partial charge in [0.25, 0.3) is 5.69 Å². The molecule has 17 heavy (non-hydrogen) atoms. The van der Waals surface area contributed by atoms with Crippen LogP contribution in [0.4, 0.5) is 11.4 Å². The average Bonchev–Trinajstić information content (AvgIpc) is 2.19. The summed E-state index contributed by atoms with van der Waals surface area (Å²) in [6.45, 7) is 1.60. The Morgan fingerprint density at radius 3 is 2.65 bits per heavy atom. The fraction of sp³-hybridized carbons (Fsp3) is 0.300. The number of primary amides is 1. The lowest BCUT2D eigenvalue weighted by molar-refractivity contribution is -0.385. The number of benzene rings is 1. The van der Waals surface area contributed by atoms with Crippen LogP contribution in [0.5, 0.6) is 0 Å². The van der Waals surface area contributed by atoms with Gasteiger partial charge in [-0.2, -0.15) is 0 Å². The first-order valence-corrected chi connectivity index (χ1v) is 5.14. The molecular weight excluding hydrogens is 246 g/mol. The number of nitrogens with zero attached hydrogens (tertiary/aromatic N) is 2. The molecule has 0 aliphatic rings. The van der Waals surface area contributed by atoms with E-state index in [4.69, 9.17) is 17.3 Å². The summed E-state index contributed by atoms with van der Waals surface area (Å²) in [7, 11) is 1.64. The van der Waals surface area contributed by atoms with Crippen LogP contribution in [0.2, 0.25) is 5.02 Å². The largest absolute Gasteiger partial charge is 0.368 e. The molecule has 0 aromatic heterocycles. The van der Waals surface area contributed by atoms with Gasteiger partial charge in [-0.05, 0) is 13.0 Å². The number of hydrogen-bond acceptors (Lipinski definition) is 4. The maximum atomic E-state index is 10.8. The molecule has 7 heteroatoms. The van der Waals surface area contributed by atoms with Gasteiger partial charge in [0, 0.05) is 18.7 Å². The third kappa shape index (κ3) is 3.07. The summed E-state index contributed by atoms with van der Waals surface area (Å²) in [5, 5.41) is 10.9. The summed E-state index contributed by atoms with van der Waals surface area (Å²) in [4.78, 5) is 22.5. The smallest absolute Gasteiger partial charge is 0.273 e. The minimum absolute atomic E-state index is 0.00301. The summed E-state index contributed by atoms with van der Waals surface area (Å²) >= 11 is 5.93. The number of nitro benzene ring substituents is 1. The van der Waals surface area contributed by atoms with E-state index >= 15 is 0 Å². The third-order valence-corrected chi connectivity index (χ3v) is 2.57. The molecule has 0 radical (unpaired) electrons. The molecule has 92 valence electrons. The van der Waals surface area contributed by atoms with E-state index in [0.29, 0.717) is 11.3 Å². The lowest BCUT2D eigenvalue weighted by Crippen LogP contribution is -2.30. The Bertz CT molecular complexity index is 476. The molecule has 0 bridgehead atoms. The van der Waals surface area contributed by atoms with E-state index in [-0.39, 0.29) is 17.3 Å². The predicted octanol–water partition coefficient (Wildman–Crippen LogP) is 1.48. The number of nitrogens with two attached hydrogens (primary N) is 1. The van der Waals surface area contributed by atoms with Gasteiger partial charge in [-0.1, -0.05) is 11.6 Å². The van der Waals surface area contributed by atoms with Gasteiger partial charge >= 0.3 is 0 Å². The number of carbonyl (C=O) groups is 1.